The van der Waals surface area contributed by atoms with Crippen molar-refractivity contribution in [2.75, 3.05) is 0 Å². The third-order valence-electron chi connectivity index (χ3n) is 1.49. The lowest BCUT2D eigenvalue weighted by Crippen LogP contribution is -2.30. The average Bonchev–Trinajstić information content (AvgIpc) is 2.12. The molecular weight excluding hydrogens is 154 g/mol. The molecular formula is C9H14NO2. The predicted molar refractivity (Wildman–Crippen MR) is 49.0 cm³/mol. The third kappa shape index (κ3) is 2.62. The molecule has 2 unspecified atom stereocenters. The lowest BCUT2D eigenvalue weighted by molar-refractivity contribution is 0.215. The van der Waals surface area contributed by atoms with Gasteiger partial charge in [-0.25, -0.2) is 0 Å². The van der Waals surface area contributed by atoms with Crippen LogP contribution in [-0.4, -0.2) is 22.4 Å². The van der Waals surface area contributed by atoms with Crippen LogP contribution in [0.25, 0.3) is 0 Å². The zero-order valence-electron chi connectivity index (χ0n) is 6.90. The van der Waals surface area contributed by atoms with Gasteiger partial charge in [0.25, 0.3) is 0 Å². The van der Waals surface area contributed by atoms with Crippen molar-refractivity contribution in [2.45, 2.75) is 12.2 Å². The lowest BCUT2D eigenvalue weighted by Gasteiger charge is -2.19. The molecule has 0 aliphatic carbocycles. The van der Waals surface area contributed by atoms with Crippen molar-refractivity contribution < 1.29 is 10.2 Å². The van der Waals surface area contributed by atoms with Crippen LogP contribution in [0.5, 0.6) is 0 Å². The smallest absolute Gasteiger partial charge is 0.0960 e. The highest BCUT2D eigenvalue weighted by molar-refractivity contribution is 5.30. The quantitative estimate of drug-likeness (QED) is 0.511. The lowest BCUT2D eigenvalue weighted by atomic mass is 9.99. The molecule has 0 saturated heterocycles. The fraction of sp³-hybridized carbons (Fsp3) is 0.222. The number of nitrogens with two attached hydrogens (primary N) is 1. The van der Waals surface area contributed by atoms with Crippen LogP contribution in [0.2, 0.25) is 0 Å². The summed E-state index contributed by atoms with van der Waals surface area (Å²) >= 11 is 0. The van der Waals surface area contributed by atoms with E-state index in [0.29, 0.717) is 0 Å². The summed E-state index contributed by atoms with van der Waals surface area (Å²) in [4.78, 5) is 0. The molecule has 3 heteroatoms. The average molecular weight is 168 g/mol. The topological polar surface area (TPSA) is 66.5 Å². The summed E-state index contributed by atoms with van der Waals surface area (Å²) in [6.07, 6.45) is 0.660. The summed E-state index contributed by atoms with van der Waals surface area (Å²) in [6, 6.07) is 0.109. The summed E-state index contributed by atoms with van der Waals surface area (Å²) in [7, 11) is 0. The van der Waals surface area contributed by atoms with Crippen molar-refractivity contribution >= 4 is 0 Å². The van der Waals surface area contributed by atoms with Gasteiger partial charge in [-0.1, -0.05) is 18.7 Å². The molecule has 0 aromatic heterocycles. The van der Waals surface area contributed by atoms with Gasteiger partial charge in [0.15, 0.2) is 0 Å². The van der Waals surface area contributed by atoms with Gasteiger partial charge in [-0.15, -0.1) is 13.2 Å². The van der Waals surface area contributed by atoms with Crippen molar-refractivity contribution in [3.05, 3.63) is 43.5 Å². The van der Waals surface area contributed by atoms with Crippen molar-refractivity contribution in [2.24, 2.45) is 5.73 Å². The van der Waals surface area contributed by atoms with E-state index < -0.39 is 12.2 Å². The minimum Gasteiger partial charge on any atom is -0.387 e. The second-order valence-electron chi connectivity index (χ2n) is 2.34. The molecule has 0 aromatic rings. The second kappa shape index (κ2) is 4.87. The molecule has 2 atom stereocenters. The Kier molecular flexibility index (Phi) is 4.51. The molecule has 0 amide bonds. The SMILES string of the molecule is C=CC(O)[C](N)C(=C)C(O)C=C. The molecule has 0 aromatic carbocycles. The summed E-state index contributed by atoms with van der Waals surface area (Å²) in [6.45, 7) is 10.2. The fourth-order valence-corrected chi connectivity index (χ4v) is 0.630. The van der Waals surface area contributed by atoms with Gasteiger partial charge in [-0.05, 0) is 5.57 Å². The van der Waals surface area contributed by atoms with E-state index in [2.05, 4.69) is 19.7 Å². The van der Waals surface area contributed by atoms with Crippen LogP contribution in [-0.2, 0) is 0 Å². The van der Waals surface area contributed by atoms with Gasteiger partial charge < -0.3 is 15.9 Å². The molecule has 0 spiro atoms. The number of aliphatic hydroxyl groups excluding tert-OH is 2. The molecule has 0 fully saturated rings. The van der Waals surface area contributed by atoms with Crippen LogP contribution in [0, 0.1) is 6.04 Å². The highest BCUT2D eigenvalue weighted by Crippen LogP contribution is 2.15. The standard InChI is InChI=1S/C9H14NO2/c1-4-7(11)6(3)9(10)8(12)5-2/h4-5,7-8,11-12H,1-3,10H2. The molecule has 3 nitrogen and oxygen atoms in total. The Morgan fingerprint density at radius 2 is 1.58 bits per heavy atom. The van der Waals surface area contributed by atoms with Crippen LogP contribution < -0.4 is 5.73 Å². The van der Waals surface area contributed by atoms with Gasteiger partial charge in [0.05, 0.1) is 18.2 Å². The van der Waals surface area contributed by atoms with Crippen molar-refractivity contribution in [1.82, 2.24) is 0 Å². The van der Waals surface area contributed by atoms with E-state index in [1.54, 1.807) is 0 Å². The molecule has 0 saturated carbocycles. The second-order valence-corrected chi connectivity index (χ2v) is 2.34. The predicted octanol–water partition coefficient (Wildman–Crippen LogP) is 0.127. The van der Waals surface area contributed by atoms with Crippen molar-refractivity contribution in [1.29, 1.82) is 0 Å². The molecule has 4 N–H and O–H groups in total. The summed E-state index contributed by atoms with van der Waals surface area (Å²) in [5.74, 6) is 0. The van der Waals surface area contributed by atoms with E-state index in [1.165, 1.54) is 12.2 Å². The Hall–Kier alpha value is -0.900. The molecule has 1 radical (unpaired) electrons. The van der Waals surface area contributed by atoms with Gasteiger partial charge in [0.1, 0.15) is 0 Å². The van der Waals surface area contributed by atoms with Crippen LogP contribution in [0.1, 0.15) is 0 Å². The highest BCUT2D eigenvalue weighted by Gasteiger charge is 2.19. The minimum atomic E-state index is -0.966. The van der Waals surface area contributed by atoms with Gasteiger partial charge in [0, 0.05) is 0 Å². The molecule has 0 aliphatic rings. The summed E-state index contributed by atoms with van der Waals surface area (Å²) in [5, 5.41) is 18.3. The first kappa shape index (κ1) is 11.1. The van der Waals surface area contributed by atoms with Crippen LogP contribution in [0.3, 0.4) is 0 Å². The maximum Gasteiger partial charge on any atom is 0.0960 e. The Balaban J connectivity index is 4.27. The molecule has 0 heterocycles. The normalized spacial score (nSPS) is 15.3. The number of hydrogen-bond donors (Lipinski definition) is 3. The Bertz CT molecular complexity index is 189. The summed E-state index contributed by atoms with van der Waals surface area (Å²) in [5.41, 5.74) is 5.68. The van der Waals surface area contributed by atoms with Crippen molar-refractivity contribution in [3.8, 4) is 0 Å². The minimum absolute atomic E-state index is 0.109. The van der Waals surface area contributed by atoms with E-state index >= 15 is 0 Å². The van der Waals surface area contributed by atoms with E-state index in [0.717, 1.165) is 0 Å². The number of aliphatic hydroxyl groups is 2. The van der Waals surface area contributed by atoms with Crippen molar-refractivity contribution in [3.63, 3.8) is 0 Å². The molecule has 0 bridgehead atoms. The van der Waals surface area contributed by atoms with E-state index in [1.807, 2.05) is 0 Å². The Labute approximate surface area is 72.5 Å². The maximum atomic E-state index is 9.18. The zero-order chi connectivity index (χ0) is 9.72. The third-order valence-corrected chi connectivity index (χ3v) is 1.49. The van der Waals surface area contributed by atoms with Crippen LogP contribution >= 0.6 is 0 Å². The number of hydrogen-bond acceptors (Lipinski definition) is 3. The zero-order valence-corrected chi connectivity index (χ0v) is 6.90. The monoisotopic (exact) mass is 168 g/mol. The first-order valence-electron chi connectivity index (χ1n) is 3.47. The van der Waals surface area contributed by atoms with Crippen LogP contribution in [0.15, 0.2) is 37.5 Å². The van der Waals surface area contributed by atoms with Crippen LogP contribution in [0.4, 0.5) is 0 Å². The first-order valence-corrected chi connectivity index (χ1v) is 3.47. The molecule has 67 valence electrons. The first-order chi connectivity index (χ1) is 5.54. The fourth-order valence-electron chi connectivity index (χ4n) is 0.630. The van der Waals surface area contributed by atoms with E-state index in [-0.39, 0.29) is 11.6 Å². The highest BCUT2D eigenvalue weighted by atomic mass is 16.3. The number of rotatable bonds is 5. The van der Waals surface area contributed by atoms with Gasteiger partial charge >= 0.3 is 0 Å². The Morgan fingerprint density at radius 1 is 1.17 bits per heavy atom. The molecule has 0 rings (SSSR count). The summed E-state index contributed by atoms with van der Waals surface area (Å²) < 4.78 is 0. The largest absolute Gasteiger partial charge is 0.387 e. The van der Waals surface area contributed by atoms with Gasteiger partial charge in [-0.2, -0.15) is 0 Å². The molecule has 12 heavy (non-hydrogen) atoms. The van der Waals surface area contributed by atoms with Gasteiger partial charge in [-0.3, -0.25) is 0 Å². The van der Waals surface area contributed by atoms with Gasteiger partial charge in [0.2, 0.25) is 0 Å². The molecule has 0 aliphatic heterocycles. The Morgan fingerprint density at radius 3 is 1.92 bits per heavy atom. The van der Waals surface area contributed by atoms with E-state index in [9.17, 15) is 5.11 Å². The van der Waals surface area contributed by atoms with E-state index in [4.69, 9.17) is 10.8 Å². The maximum absolute atomic E-state index is 9.18.